The van der Waals surface area contributed by atoms with Crippen molar-refractivity contribution in [2.45, 2.75) is 19.3 Å². The van der Waals surface area contributed by atoms with Crippen LogP contribution >= 0.6 is 23.2 Å². The SMILES string of the molecule is CC(/C(=C\[N+](=O)[O-])Nc1ccccc1)c1ccc(Cl)nc1.O=[N+]([O-])/C=C(\Cc1ccc(Cl)nc1)Nc1ccccc1. The maximum atomic E-state index is 10.8. The normalized spacial score (nSPS) is 12.0. The standard InChI is InChI=1S/C15H14ClN3O2.C14H12ClN3O2/c1-11(12-7-8-15(16)17-9-12)14(10-19(20)21)18-13-5-3-2-4-6-13;15-14-7-6-11(9-16-14)8-13(10-18(19)20)17-12-4-2-1-3-5-12/h2-11,18H,1H3;1-7,9-10,17H,8H2/b14-10+;13-10+. The summed E-state index contributed by atoms with van der Waals surface area (Å²) in [6, 6.07) is 25.5. The van der Waals surface area contributed by atoms with E-state index in [1.165, 1.54) is 0 Å². The molecule has 2 N–H and O–H groups in total. The monoisotopic (exact) mass is 592 g/mol. The lowest BCUT2D eigenvalue weighted by atomic mass is 9.99. The number of nitro groups is 2. The van der Waals surface area contributed by atoms with Crippen LogP contribution < -0.4 is 10.6 Å². The predicted octanol–water partition coefficient (Wildman–Crippen LogP) is 7.58. The molecule has 0 aliphatic carbocycles. The first kappa shape index (κ1) is 30.7. The first-order chi connectivity index (χ1) is 19.7. The van der Waals surface area contributed by atoms with Gasteiger partial charge in [0.25, 0.3) is 12.4 Å². The number of benzene rings is 2. The second-order valence-corrected chi connectivity index (χ2v) is 9.37. The largest absolute Gasteiger partial charge is 0.354 e. The molecule has 12 heteroatoms. The minimum atomic E-state index is -0.478. The third-order valence-electron chi connectivity index (χ3n) is 5.55. The van der Waals surface area contributed by atoms with Gasteiger partial charge in [-0.1, -0.05) is 78.7 Å². The highest BCUT2D eigenvalue weighted by Crippen LogP contribution is 2.25. The zero-order chi connectivity index (χ0) is 29.6. The number of nitrogens with one attached hydrogen (secondary N) is 2. The molecule has 0 aliphatic rings. The molecule has 210 valence electrons. The van der Waals surface area contributed by atoms with Crippen molar-refractivity contribution in [2.75, 3.05) is 10.6 Å². The van der Waals surface area contributed by atoms with Gasteiger partial charge in [-0.05, 0) is 47.5 Å². The number of pyridine rings is 2. The molecular formula is C29H26Cl2N6O4. The number of hydrogen-bond donors (Lipinski definition) is 2. The molecule has 0 spiro atoms. The van der Waals surface area contributed by atoms with Crippen molar-refractivity contribution in [1.82, 2.24) is 9.97 Å². The average molecular weight is 593 g/mol. The van der Waals surface area contributed by atoms with Gasteiger partial charge in [-0.2, -0.15) is 0 Å². The highest BCUT2D eigenvalue weighted by atomic mass is 35.5. The van der Waals surface area contributed by atoms with Crippen LogP contribution in [0.25, 0.3) is 0 Å². The van der Waals surface area contributed by atoms with Crippen molar-refractivity contribution in [2.24, 2.45) is 0 Å². The molecule has 0 amide bonds. The van der Waals surface area contributed by atoms with E-state index in [1.54, 1.807) is 36.7 Å². The first-order valence-electron chi connectivity index (χ1n) is 12.2. The molecule has 41 heavy (non-hydrogen) atoms. The van der Waals surface area contributed by atoms with E-state index in [1.807, 2.05) is 67.6 Å². The summed E-state index contributed by atoms with van der Waals surface area (Å²) in [5, 5.41) is 28.4. The molecule has 0 saturated carbocycles. The van der Waals surface area contributed by atoms with E-state index >= 15 is 0 Å². The Balaban J connectivity index is 0.000000226. The lowest BCUT2D eigenvalue weighted by Crippen LogP contribution is -2.10. The van der Waals surface area contributed by atoms with Crippen LogP contribution in [-0.2, 0) is 6.42 Å². The maximum absolute atomic E-state index is 10.8. The van der Waals surface area contributed by atoms with Gasteiger partial charge in [0, 0.05) is 36.1 Å². The van der Waals surface area contributed by atoms with Crippen LogP contribution in [-0.4, -0.2) is 19.8 Å². The van der Waals surface area contributed by atoms with Gasteiger partial charge >= 0.3 is 0 Å². The smallest absolute Gasteiger partial charge is 0.254 e. The number of para-hydroxylation sites is 2. The molecule has 1 unspecified atom stereocenters. The molecule has 0 aliphatic heterocycles. The van der Waals surface area contributed by atoms with E-state index in [2.05, 4.69) is 20.6 Å². The van der Waals surface area contributed by atoms with Gasteiger partial charge in [0.1, 0.15) is 10.3 Å². The van der Waals surface area contributed by atoms with E-state index in [0.29, 0.717) is 28.1 Å². The molecule has 2 heterocycles. The topological polar surface area (TPSA) is 136 Å². The third-order valence-corrected chi connectivity index (χ3v) is 5.99. The van der Waals surface area contributed by atoms with Crippen molar-refractivity contribution >= 4 is 34.6 Å². The van der Waals surface area contributed by atoms with E-state index in [9.17, 15) is 20.2 Å². The van der Waals surface area contributed by atoms with Crippen molar-refractivity contribution in [3.05, 3.63) is 163 Å². The molecule has 2 aromatic carbocycles. The number of nitrogens with zero attached hydrogens (tertiary/aromatic N) is 4. The molecule has 0 radical (unpaired) electrons. The molecule has 0 saturated heterocycles. The summed E-state index contributed by atoms with van der Waals surface area (Å²) in [7, 11) is 0. The quantitative estimate of drug-likeness (QED) is 0.109. The van der Waals surface area contributed by atoms with Gasteiger partial charge in [0.15, 0.2) is 0 Å². The second kappa shape index (κ2) is 15.7. The van der Waals surface area contributed by atoms with Gasteiger partial charge in [-0.3, -0.25) is 20.2 Å². The molecule has 4 aromatic rings. The molecule has 4 rings (SSSR count). The van der Waals surface area contributed by atoms with Crippen LogP contribution in [0.4, 0.5) is 11.4 Å². The van der Waals surface area contributed by atoms with Crippen molar-refractivity contribution in [3.63, 3.8) is 0 Å². The zero-order valence-corrected chi connectivity index (χ0v) is 23.4. The van der Waals surface area contributed by atoms with Gasteiger partial charge < -0.3 is 10.6 Å². The summed E-state index contributed by atoms with van der Waals surface area (Å²) in [6.45, 7) is 1.87. The Morgan fingerprint density at radius 1 is 0.780 bits per heavy atom. The van der Waals surface area contributed by atoms with Crippen LogP contribution in [0, 0.1) is 20.2 Å². The lowest BCUT2D eigenvalue weighted by molar-refractivity contribution is -0.403. The highest BCUT2D eigenvalue weighted by Gasteiger charge is 2.16. The fourth-order valence-corrected chi connectivity index (χ4v) is 3.79. The van der Waals surface area contributed by atoms with Gasteiger partial charge in [0.05, 0.1) is 21.2 Å². The van der Waals surface area contributed by atoms with E-state index < -0.39 is 9.85 Å². The zero-order valence-electron chi connectivity index (χ0n) is 21.9. The maximum Gasteiger partial charge on any atom is 0.254 e. The second-order valence-electron chi connectivity index (χ2n) is 8.59. The summed E-state index contributed by atoms with van der Waals surface area (Å²) in [6.07, 6.45) is 5.53. The number of aromatic nitrogens is 2. The number of rotatable bonds is 10. The Morgan fingerprint density at radius 2 is 1.32 bits per heavy atom. The summed E-state index contributed by atoms with van der Waals surface area (Å²) in [5.41, 5.74) is 4.23. The van der Waals surface area contributed by atoms with E-state index in [0.717, 1.165) is 34.9 Å². The van der Waals surface area contributed by atoms with Gasteiger partial charge in [0.2, 0.25) is 0 Å². The van der Waals surface area contributed by atoms with Crippen molar-refractivity contribution in [1.29, 1.82) is 0 Å². The number of allylic oxidation sites excluding steroid dienone is 2. The first-order valence-corrected chi connectivity index (χ1v) is 13.0. The minimum Gasteiger partial charge on any atom is -0.354 e. The number of anilines is 2. The Kier molecular flexibility index (Phi) is 11.8. The lowest BCUT2D eigenvalue weighted by Gasteiger charge is -2.16. The Bertz CT molecular complexity index is 1480. The van der Waals surface area contributed by atoms with E-state index in [-0.39, 0.29) is 5.92 Å². The van der Waals surface area contributed by atoms with E-state index in [4.69, 9.17) is 23.2 Å². The predicted molar refractivity (Wildman–Crippen MR) is 161 cm³/mol. The van der Waals surface area contributed by atoms with Crippen LogP contribution in [0.5, 0.6) is 0 Å². The summed E-state index contributed by atoms with van der Waals surface area (Å²) in [5.74, 6) is -0.208. The van der Waals surface area contributed by atoms with Crippen LogP contribution in [0.2, 0.25) is 10.3 Å². The van der Waals surface area contributed by atoms with Gasteiger partial charge in [-0.15, -0.1) is 0 Å². The Labute approximate surface area is 246 Å². The molecule has 2 aromatic heterocycles. The van der Waals surface area contributed by atoms with Crippen molar-refractivity contribution in [3.8, 4) is 0 Å². The average Bonchev–Trinajstić information content (AvgIpc) is 2.95. The van der Waals surface area contributed by atoms with Crippen LogP contribution in [0.15, 0.2) is 121 Å². The third kappa shape index (κ3) is 11.1. The van der Waals surface area contributed by atoms with Gasteiger partial charge in [-0.25, -0.2) is 9.97 Å². The molecule has 10 nitrogen and oxygen atoms in total. The number of hydrogen-bond acceptors (Lipinski definition) is 8. The molecule has 1 atom stereocenters. The molecular weight excluding hydrogens is 567 g/mol. The Morgan fingerprint density at radius 3 is 1.80 bits per heavy atom. The molecule has 0 bridgehead atoms. The summed E-state index contributed by atoms with van der Waals surface area (Å²) in [4.78, 5) is 28.6. The van der Waals surface area contributed by atoms with Crippen LogP contribution in [0.3, 0.4) is 0 Å². The summed E-state index contributed by atoms with van der Waals surface area (Å²) < 4.78 is 0. The van der Waals surface area contributed by atoms with Crippen LogP contribution in [0.1, 0.15) is 24.0 Å². The number of halogens is 2. The fraction of sp³-hybridized carbons (Fsp3) is 0.103. The fourth-order valence-electron chi connectivity index (χ4n) is 3.56. The Hall–Kier alpha value is -4.80. The highest BCUT2D eigenvalue weighted by molar-refractivity contribution is 6.29. The summed E-state index contributed by atoms with van der Waals surface area (Å²) >= 11 is 11.5. The molecule has 0 fully saturated rings. The van der Waals surface area contributed by atoms with Crippen molar-refractivity contribution < 1.29 is 9.85 Å². The minimum absolute atomic E-state index is 0.208.